The third-order valence-electron chi connectivity index (χ3n) is 1.84. The Morgan fingerprint density at radius 2 is 2.12 bits per heavy atom. The summed E-state index contributed by atoms with van der Waals surface area (Å²) in [7, 11) is 0. The van der Waals surface area contributed by atoms with Gasteiger partial charge >= 0.3 is 0 Å². The number of amides is 1. The maximum atomic E-state index is 11.6. The number of hydrogen-bond acceptors (Lipinski definition) is 2. The van der Waals surface area contributed by atoms with Gasteiger partial charge in [-0.2, -0.15) is 0 Å². The van der Waals surface area contributed by atoms with Crippen molar-refractivity contribution in [1.82, 2.24) is 0 Å². The molecule has 0 radical (unpaired) electrons. The number of carbonyl (C=O) groups excluding carboxylic acids is 1. The molecule has 0 bridgehead atoms. The molecule has 1 amide bonds. The Hall–Kier alpha value is -0.330. The zero-order valence-electron chi connectivity index (χ0n) is 10.0. The number of hydrogen-bond donors (Lipinski definition) is 1. The first-order chi connectivity index (χ1) is 7.78. The van der Waals surface area contributed by atoms with Crippen LogP contribution in [-0.4, -0.2) is 18.1 Å². The molecule has 0 atom stereocenters. The molecule has 0 spiro atoms. The quantitative estimate of drug-likeness (QED) is 0.827. The summed E-state index contributed by atoms with van der Waals surface area (Å²) < 4.78 is 6.29. The van der Waals surface area contributed by atoms with Crippen LogP contribution in [0, 0.1) is 3.57 Å². The van der Waals surface area contributed by atoms with E-state index in [4.69, 9.17) is 16.3 Å². The van der Waals surface area contributed by atoms with Crippen molar-refractivity contribution in [1.29, 1.82) is 0 Å². The zero-order valence-corrected chi connectivity index (χ0v) is 12.9. The molecule has 0 aromatic heterocycles. The van der Waals surface area contributed by atoms with Crippen LogP contribution in [0.5, 0.6) is 0 Å². The van der Waals surface area contributed by atoms with Gasteiger partial charge in [0.25, 0.3) is 0 Å². The number of anilines is 1. The van der Waals surface area contributed by atoms with E-state index >= 15 is 0 Å². The molecule has 0 fully saturated rings. The van der Waals surface area contributed by atoms with E-state index in [-0.39, 0.29) is 18.1 Å². The number of halogens is 2. The highest BCUT2D eigenvalue weighted by molar-refractivity contribution is 14.1. The highest BCUT2D eigenvalue weighted by atomic mass is 127. The highest BCUT2D eigenvalue weighted by Gasteiger charge is 2.13. The van der Waals surface area contributed by atoms with Crippen molar-refractivity contribution in [3.63, 3.8) is 0 Å². The lowest BCUT2D eigenvalue weighted by Crippen LogP contribution is -2.27. The fourth-order valence-corrected chi connectivity index (χ4v) is 2.07. The Labute approximate surface area is 120 Å². The van der Waals surface area contributed by atoms with E-state index in [0.29, 0.717) is 5.02 Å². The predicted octanol–water partition coefficient (Wildman–Crippen LogP) is 3.70. The minimum Gasteiger partial charge on any atom is -0.366 e. The van der Waals surface area contributed by atoms with Crippen molar-refractivity contribution in [2.75, 3.05) is 11.9 Å². The van der Waals surface area contributed by atoms with Gasteiger partial charge in [0.15, 0.2) is 0 Å². The second kappa shape index (κ2) is 6.02. The van der Waals surface area contributed by atoms with Crippen LogP contribution in [0.15, 0.2) is 18.2 Å². The van der Waals surface area contributed by atoms with Crippen molar-refractivity contribution in [2.45, 2.75) is 26.4 Å². The van der Waals surface area contributed by atoms with E-state index in [1.165, 1.54) is 0 Å². The molecule has 0 aliphatic heterocycles. The van der Waals surface area contributed by atoms with Gasteiger partial charge < -0.3 is 10.1 Å². The third kappa shape index (κ3) is 5.70. The Morgan fingerprint density at radius 1 is 1.47 bits per heavy atom. The molecular formula is C12H15ClINO2. The maximum absolute atomic E-state index is 11.6. The Kier molecular flexibility index (Phi) is 5.22. The standard InChI is InChI=1S/C12H15ClINO2/c1-12(2,3)17-7-11(16)15-10-5-4-8(13)6-9(10)14/h4-6H,7H2,1-3H3,(H,15,16). The van der Waals surface area contributed by atoms with Crippen LogP contribution in [-0.2, 0) is 9.53 Å². The van der Waals surface area contributed by atoms with E-state index < -0.39 is 0 Å². The summed E-state index contributed by atoms with van der Waals surface area (Å²) >= 11 is 7.96. The number of carbonyl (C=O) groups is 1. The molecular weight excluding hydrogens is 352 g/mol. The van der Waals surface area contributed by atoms with Crippen LogP contribution < -0.4 is 5.32 Å². The zero-order chi connectivity index (χ0) is 13.1. The van der Waals surface area contributed by atoms with Crippen LogP contribution in [0.25, 0.3) is 0 Å². The van der Waals surface area contributed by atoms with Crippen molar-refractivity contribution in [2.24, 2.45) is 0 Å². The predicted molar refractivity (Wildman–Crippen MR) is 78.5 cm³/mol. The van der Waals surface area contributed by atoms with Crippen LogP contribution in [0.3, 0.4) is 0 Å². The first-order valence-corrected chi connectivity index (χ1v) is 6.62. The fraction of sp³-hybridized carbons (Fsp3) is 0.417. The van der Waals surface area contributed by atoms with E-state index in [9.17, 15) is 4.79 Å². The Balaban J connectivity index is 2.57. The molecule has 5 heteroatoms. The number of benzene rings is 1. The molecule has 0 aliphatic rings. The normalized spacial score (nSPS) is 11.4. The summed E-state index contributed by atoms with van der Waals surface area (Å²) in [5.41, 5.74) is 0.433. The smallest absolute Gasteiger partial charge is 0.250 e. The molecule has 94 valence electrons. The summed E-state index contributed by atoms with van der Waals surface area (Å²) in [5.74, 6) is -0.167. The van der Waals surface area contributed by atoms with Crippen LogP contribution in [0.2, 0.25) is 5.02 Å². The molecule has 1 aromatic carbocycles. The van der Waals surface area contributed by atoms with Crippen molar-refractivity contribution in [3.8, 4) is 0 Å². The third-order valence-corrected chi connectivity index (χ3v) is 2.97. The minimum atomic E-state index is -0.315. The second-order valence-electron chi connectivity index (χ2n) is 4.57. The monoisotopic (exact) mass is 367 g/mol. The Bertz CT molecular complexity index is 415. The van der Waals surface area contributed by atoms with Gasteiger partial charge in [-0.3, -0.25) is 4.79 Å². The number of nitrogens with one attached hydrogen (secondary N) is 1. The molecule has 0 aliphatic carbocycles. The second-order valence-corrected chi connectivity index (χ2v) is 6.17. The van der Waals surface area contributed by atoms with Gasteiger partial charge in [-0.15, -0.1) is 0 Å². The van der Waals surface area contributed by atoms with Crippen molar-refractivity contribution >= 4 is 45.8 Å². The van der Waals surface area contributed by atoms with Gasteiger partial charge in [0.1, 0.15) is 6.61 Å². The summed E-state index contributed by atoms with van der Waals surface area (Å²) in [6, 6.07) is 5.31. The average molecular weight is 368 g/mol. The molecule has 0 saturated heterocycles. The van der Waals surface area contributed by atoms with Crippen molar-refractivity contribution in [3.05, 3.63) is 26.8 Å². The van der Waals surface area contributed by atoms with Crippen LogP contribution in [0.1, 0.15) is 20.8 Å². The van der Waals surface area contributed by atoms with Gasteiger partial charge in [0, 0.05) is 8.59 Å². The summed E-state index contributed by atoms with van der Waals surface area (Å²) in [5, 5.41) is 3.43. The number of rotatable bonds is 3. The fourth-order valence-electron chi connectivity index (χ4n) is 1.06. The summed E-state index contributed by atoms with van der Waals surface area (Å²) in [4.78, 5) is 11.6. The van der Waals surface area contributed by atoms with Crippen LogP contribution in [0.4, 0.5) is 5.69 Å². The lowest BCUT2D eigenvalue weighted by atomic mass is 10.2. The molecule has 1 rings (SSSR count). The molecule has 0 unspecified atom stereocenters. The molecule has 1 N–H and O–H groups in total. The van der Waals surface area contributed by atoms with Crippen molar-refractivity contribution < 1.29 is 9.53 Å². The van der Waals surface area contributed by atoms with Gasteiger partial charge in [-0.05, 0) is 61.6 Å². The van der Waals surface area contributed by atoms with E-state index in [1.54, 1.807) is 18.2 Å². The van der Waals surface area contributed by atoms with E-state index in [0.717, 1.165) is 9.26 Å². The number of ether oxygens (including phenoxy) is 1. The largest absolute Gasteiger partial charge is 0.366 e. The molecule has 3 nitrogen and oxygen atoms in total. The van der Waals surface area contributed by atoms with E-state index in [1.807, 2.05) is 20.8 Å². The SMILES string of the molecule is CC(C)(C)OCC(=O)Nc1ccc(Cl)cc1I. The first-order valence-electron chi connectivity index (χ1n) is 5.17. The molecule has 17 heavy (non-hydrogen) atoms. The van der Waals surface area contributed by atoms with Crippen LogP contribution >= 0.6 is 34.2 Å². The molecule has 0 heterocycles. The van der Waals surface area contributed by atoms with Gasteiger partial charge in [0.05, 0.1) is 11.3 Å². The maximum Gasteiger partial charge on any atom is 0.250 e. The highest BCUT2D eigenvalue weighted by Crippen LogP contribution is 2.22. The summed E-state index contributed by atoms with van der Waals surface area (Å²) in [6.07, 6.45) is 0. The Morgan fingerprint density at radius 3 is 2.65 bits per heavy atom. The van der Waals surface area contributed by atoms with Gasteiger partial charge in [0.2, 0.25) is 5.91 Å². The topological polar surface area (TPSA) is 38.3 Å². The lowest BCUT2D eigenvalue weighted by Gasteiger charge is -2.19. The first kappa shape index (κ1) is 14.7. The van der Waals surface area contributed by atoms with Gasteiger partial charge in [-0.25, -0.2) is 0 Å². The van der Waals surface area contributed by atoms with Gasteiger partial charge in [-0.1, -0.05) is 11.6 Å². The molecule has 1 aromatic rings. The van der Waals surface area contributed by atoms with E-state index in [2.05, 4.69) is 27.9 Å². The summed E-state index contributed by atoms with van der Waals surface area (Å²) in [6.45, 7) is 5.77. The average Bonchev–Trinajstić information content (AvgIpc) is 2.18. The lowest BCUT2D eigenvalue weighted by molar-refractivity contribution is -0.125. The minimum absolute atomic E-state index is 0.0439. The molecule has 0 saturated carbocycles.